The topological polar surface area (TPSA) is 41.1 Å². The summed E-state index contributed by atoms with van der Waals surface area (Å²) in [6.45, 7) is 4.13. The van der Waals surface area contributed by atoms with E-state index in [1.54, 1.807) is 0 Å². The zero-order valence-electron chi connectivity index (χ0n) is 13.5. The third kappa shape index (κ3) is 5.30. The zero-order chi connectivity index (χ0) is 17.7. The number of hydrogen-bond acceptors (Lipinski definition) is 2. The minimum atomic E-state index is -4.38. The Bertz CT molecular complexity index is 706. The minimum Gasteiger partial charge on any atom is -0.385 e. The average Bonchev–Trinajstić information content (AvgIpc) is 2.45. The summed E-state index contributed by atoms with van der Waals surface area (Å²) in [5.41, 5.74) is 2.44. The molecule has 0 aliphatic rings. The maximum atomic E-state index is 12.6. The van der Waals surface area contributed by atoms with E-state index < -0.39 is 11.7 Å². The van der Waals surface area contributed by atoms with Gasteiger partial charge in [0.1, 0.15) is 0 Å². The number of aryl methyl sites for hydroxylation is 2. The molecule has 2 rings (SSSR count). The molecule has 0 saturated carbocycles. The fraction of sp³-hybridized carbons (Fsp3) is 0.278. The minimum absolute atomic E-state index is 0.156. The molecular weight excluding hydrogens is 317 g/mol. The van der Waals surface area contributed by atoms with E-state index in [2.05, 4.69) is 10.6 Å². The van der Waals surface area contributed by atoms with Gasteiger partial charge in [0, 0.05) is 24.3 Å². The molecule has 128 valence electrons. The summed E-state index contributed by atoms with van der Waals surface area (Å²) >= 11 is 0. The van der Waals surface area contributed by atoms with Gasteiger partial charge in [-0.1, -0.05) is 12.1 Å². The molecular formula is C18H19F3N2O. The molecule has 6 heteroatoms. The van der Waals surface area contributed by atoms with Crippen molar-refractivity contribution >= 4 is 17.3 Å². The van der Waals surface area contributed by atoms with E-state index in [0.717, 1.165) is 28.9 Å². The Labute approximate surface area is 138 Å². The van der Waals surface area contributed by atoms with Crippen LogP contribution < -0.4 is 10.6 Å². The number of nitrogens with one attached hydrogen (secondary N) is 2. The number of anilines is 2. The van der Waals surface area contributed by atoms with Gasteiger partial charge in [-0.25, -0.2) is 0 Å². The highest BCUT2D eigenvalue weighted by atomic mass is 19.4. The highest BCUT2D eigenvalue weighted by Gasteiger charge is 2.30. The van der Waals surface area contributed by atoms with Gasteiger partial charge in [0.05, 0.1) is 5.56 Å². The molecule has 0 atom stereocenters. The summed E-state index contributed by atoms with van der Waals surface area (Å²) in [6.07, 6.45) is -4.22. The monoisotopic (exact) mass is 336 g/mol. The Kier molecular flexibility index (Phi) is 5.49. The molecule has 2 N–H and O–H groups in total. The van der Waals surface area contributed by atoms with E-state index in [1.807, 2.05) is 32.0 Å². The lowest BCUT2D eigenvalue weighted by Gasteiger charge is -2.11. The van der Waals surface area contributed by atoms with Crippen LogP contribution in [-0.2, 0) is 11.0 Å². The fourth-order valence-corrected chi connectivity index (χ4v) is 2.40. The standard InChI is InChI=1S/C18H19F3N2O/c1-12-8-13(2)10-16(9-12)23-17(24)6-7-22-15-5-3-4-14(11-15)18(19,20)21/h3-5,8-11,22H,6-7H2,1-2H3,(H,23,24). The maximum Gasteiger partial charge on any atom is 0.416 e. The first-order valence-corrected chi connectivity index (χ1v) is 7.53. The molecule has 0 saturated heterocycles. The summed E-state index contributed by atoms with van der Waals surface area (Å²) in [5.74, 6) is -0.195. The number of amides is 1. The van der Waals surface area contributed by atoms with Crippen molar-refractivity contribution in [3.63, 3.8) is 0 Å². The lowest BCUT2D eigenvalue weighted by Crippen LogP contribution is -2.16. The number of rotatable bonds is 5. The quantitative estimate of drug-likeness (QED) is 0.826. The van der Waals surface area contributed by atoms with Gasteiger partial charge in [0.15, 0.2) is 0 Å². The Morgan fingerprint density at radius 2 is 1.67 bits per heavy atom. The lowest BCUT2D eigenvalue weighted by molar-refractivity contribution is -0.137. The SMILES string of the molecule is Cc1cc(C)cc(NC(=O)CCNc2cccc(C(F)(F)F)c2)c1. The second kappa shape index (κ2) is 7.38. The highest BCUT2D eigenvalue weighted by Crippen LogP contribution is 2.30. The highest BCUT2D eigenvalue weighted by molar-refractivity contribution is 5.91. The first-order chi connectivity index (χ1) is 11.2. The number of carbonyl (C=O) groups is 1. The van der Waals surface area contributed by atoms with E-state index in [-0.39, 0.29) is 18.9 Å². The summed E-state index contributed by atoms with van der Waals surface area (Å²) in [6, 6.07) is 10.7. The molecule has 0 fully saturated rings. The van der Waals surface area contributed by atoms with Crippen LogP contribution in [0.4, 0.5) is 24.5 Å². The van der Waals surface area contributed by atoms with Crippen LogP contribution in [0.2, 0.25) is 0 Å². The normalized spacial score (nSPS) is 11.2. The second-order valence-corrected chi connectivity index (χ2v) is 5.68. The Hall–Kier alpha value is -2.50. The number of hydrogen-bond donors (Lipinski definition) is 2. The molecule has 0 heterocycles. The molecule has 0 aliphatic heterocycles. The van der Waals surface area contributed by atoms with E-state index >= 15 is 0 Å². The van der Waals surface area contributed by atoms with Crippen molar-refractivity contribution in [2.45, 2.75) is 26.4 Å². The van der Waals surface area contributed by atoms with Gasteiger partial charge in [0.2, 0.25) is 5.91 Å². The van der Waals surface area contributed by atoms with Gasteiger partial charge in [-0.3, -0.25) is 4.79 Å². The van der Waals surface area contributed by atoms with Gasteiger partial charge in [-0.15, -0.1) is 0 Å². The van der Waals surface area contributed by atoms with Crippen LogP contribution in [0, 0.1) is 13.8 Å². The number of alkyl halides is 3. The second-order valence-electron chi connectivity index (χ2n) is 5.68. The van der Waals surface area contributed by atoms with Crippen molar-refractivity contribution in [2.75, 3.05) is 17.2 Å². The number of carbonyl (C=O) groups excluding carboxylic acids is 1. The van der Waals surface area contributed by atoms with Crippen molar-refractivity contribution in [1.29, 1.82) is 0 Å². The van der Waals surface area contributed by atoms with Crippen LogP contribution in [0.15, 0.2) is 42.5 Å². The average molecular weight is 336 g/mol. The molecule has 2 aromatic carbocycles. The summed E-state index contributed by atoms with van der Waals surface area (Å²) in [7, 11) is 0. The molecule has 0 aliphatic carbocycles. The van der Waals surface area contributed by atoms with E-state index in [1.165, 1.54) is 12.1 Å². The van der Waals surface area contributed by atoms with Crippen LogP contribution in [0.1, 0.15) is 23.1 Å². The lowest BCUT2D eigenvalue weighted by atomic mass is 10.1. The first-order valence-electron chi connectivity index (χ1n) is 7.53. The van der Waals surface area contributed by atoms with Crippen molar-refractivity contribution in [3.05, 3.63) is 59.2 Å². The van der Waals surface area contributed by atoms with Crippen LogP contribution in [-0.4, -0.2) is 12.5 Å². The van der Waals surface area contributed by atoms with Crippen molar-refractivity contribution < 1.29 is 18.0 Å². The molecule has 2 aromatic rings. The van der Waals surface area contributed by atoms with Crippen LogP contribution in [0.3, 0.4) is 0 Å². The summed E-state index contributed by atoms with van der Waals surface area (Å²) in [4.78, 5) is 11.9. The first kappa shape index (κ1) is 17.8. The van der Waals surface area contributed by atoms with E-state index in [9.17, 15) is 18.0 Å². The molecule has 0 aromatic heterocycles. The maximum absolute atomic E-state index is 12.6. The molecule has 0 bridgehead atoms. The Morgan fingerprint density at radius 1 is 1.00 bits per heavy atom. The van der Waals surface area contributed by atoms with Gasteiger partial charge in [0.25, 0.3) is 0 Å². The van der Waals surface area contributed by atoms with Gasteiger partial charge >= 0.3 is 6.18 Å². The molecule has 0 spiro atoms. The fourth-order valence-electron chi connectivity index (χ4n) is 2.40. The predicted octanol–water partition coefficient (Wildman–Crippen LogP) is 4.76. The Balaban J connectivity index is 1.86. The third-order valence-electron chi connectivity index (χ3n) is 3.38. The van der Waals surface area contributed by atoms with Crippen LogP contribution >= 0.6 is 0 Å². The van der Waals surface area contributed by atoms with Gasteiger partial charge in [-0.2, -0.15) is 13.2 Å². The van der Waals surface area contributed by atoms with Gasteiger partial charge in [-0.05, 0) is 55.3 Å². The molecule has 24 heavy (non-hydrogen) atoms. The third-order valence-corrected chi connectivity index (χ3v) is 3.38. The zero-order valence-corrected chi connectivity index (χ0v) is 13.5. The number of halogens is 3. The molecule has 1 amide bonds. The van der Waals surface area contributed by atoms with E-state index in [0.29, 0.717) is 5.69 Å². The van der Waals surface area contributed by atoms with Crippen molar-refractivity contribution in [2.24, 2.45) is 0 Å². The van der Waals surface area contributed by atoms with Crippen molar-refractivity contribution in [1.82, 2.24) is 0 Å². The summed E-state index contributed by atoms with van der Waals surface area (Å²) < 4.78 is 37.9. The largest absolute Gasteiger partial charge is 0.416 e. The van der Waals surface area contributed by atoms with Crippen LogP contribution in [0.5, 0.6) is 0 Å². The molecule has 0 unspecified atom stereocenters. The number of benzene rings is 2. The molecule has 3 nitrogen and oxygen atoms in total. The Morgan fingerprint density at radius 3 is 2.29 bits per heavy atom. The predicted molar refractivity (Wildman–Crippen MR) is 89.1 cm³/mol. The van der Waals surface area contributed by atoms with Gasteiger partial charge < -0.3 is 10.6 Å². The summed E-state index contributed by atoms with van der Waals surface area (Å²) in [5, 5.41) is 5.62. The van der Waals surface area contributed by atoms with Crippen molar-refractivity contribution in [3.8, 4) is 0 Å². The van der Waals surface area contributed by atoms with Crippen LogP contribution in [0.25, 0.3) is 0 Å². The molecule has 0 radical (unpaired) electrons. The van der Waals surface area contributed by atoms with E-state index in [4.69, 9.17) is 0 Å². The smallest absolute Gasteiger partial charge is 0.385 e.